The lowest BCUT2D eigenvalue weighted by molar-refractivity contribution is -0.384. The Balaban J connectivity index is 1.66. The van der Waals surface area contributed by atoms with Crippen LogP contribution >= 0.6 is 0 Å². The van der Waals surface area contributed by atoms with Gasteiger partial charge in [-0.2, -0.15) is 0 Å². The summed E-state index contributed by atoms with van der Waals surface area (Å²) >= 11 is 0. The van der Waals surface area contributed by atoms with Gasteiger partial charge in [0.05, 0.1) is 16.2 Å². The molecule has 7 heteroatoms. The van der Waals surface area contributed by atoms with Crippen LogP contribution in [0.2, 0.25) is 0 Å². The Morgan fingerprint density at radius 1 is 1.19 bits per heavy atom. The number of benzene rings is 1. The molecule has 26 heavy (non-hydrogen) atoms. The summed E-state index contributed by atoms with van der Waals surface area (Å²) in [5, 5.41) is 13.6. The highest BCUT2D eigenvalue weighted by Gasteiger charge is 2.25. The summed E-state index contributed by atoms with van der Waals surface area (Å²) in [5.74, 6) is 0.546. The van der Waals surface area contributed by atoms with Gasteiger partial charge in [-0.3, -0.25) is 19.8 Å². The van der Waals surface area contributed by atoms with Crippen molar-refractivity contribution in [3.8, 4) is 0 Å². The summed E-state index contributed by atoms with van der Waals surface area (Å²) in [6.45, 7) is 4.81. The maximum atomic E-state index is 12.2. The first-order chi connectivity index (χ1) is 12.6. The van der Waals surface area contributed by atoms with Gasteiger partial charge in [-0.05, 0) is 24.8 Å². The van der Waals surface area contributed by atoms with E-state index in [1.165, 1.54) is 50.8 Å². The monoisotopic (exact) mass is 360 g/mol. The zero-order valence-corrected chi connectivity index (χ0v) is 15.4. The highest BCUT2D eigenvalue weighted by molar-refractivity contribution is 6.00. The molecule has 0 atom stereocenters. The van der Waals surface area contributed by atoms with Crippen molar-refractivity contribution in [3.63, 3.8) is 0 Å². The van der Waals surface area contributed by atoms with Gasteiger partial charge in [-0.25, -0.2) is 0 Å². The van der Waals surface area contributed by atoms with E-state index in [2.05, 4.69) is 15.1 Å². The largest absolute Gasteiger partial charge is 0.368 e. The molecule has 2 aliphatic rings. The van der Waals surface area contributed by atoms with Crippen molar-refractivity contribution in [1.82, 2.24) is 10.2 Å². The molecule has 1 saturated heterocycles. The van der Waals surface area contributed by atoms with Crippen LogP contribution in [0.4, 0.5) is 11.4 Å². The highest BCUT2D eigenvalue weighted by Crippen LogP contribution is 2.28. The minimum absolute atomic E-state index is 0.0525. The number of amides is 1. The predicted octanol–water partition coefficient (Wildman–Crippen LogP) is 2.66. The standard InChI is InChI=1S/C19H28N4O3/c1-20-19(24)17-13-16(23(25)26)7-8-18(17)22-11-9-21(10-12-22)14-15-5-3-2-4-6-15/h7-8,13,15H,2-6,9-12,14H2,1H3,(H,20,24). The zero-order valence-electron chi connectivity index (χ0n) is 15.4. The number of hydrogen-bond acceptors (Lipinski definition) is 5. The van der Waals surface area contributed by atoms with Gasteiger partial charge in [0.2, 0.25) is 0 Å². The van der Waals surface area contributed by atoms with E-state index in [0.717, 1.165) is 37.8 Å². The molecule has 0 aromatic heterocycles. The van der Waals surface area contributed by atoms with Crippen molar-refractivity contribution in [1.29, 1.82) is 0 Å². The fourth-order valence-electron chi connectivity index (χ4n) is 4.14. The van der Waals surface area contributed by atoms with E-state index in [1.807, 2.05) is 0 Å². The van der Waals surface area contributed by atoms with Crippen molar-refractivity contribution in [3.05, 3.63) is 33.9 Å². The molecule has 1 aliphatic carbocycles. The van der Waals surface area contributed by atoms with E-state index >= 15 is 0 Å². The topological polar surface area (TPSA) is 78.7 Å². The first-order valence-electron chi connectivity index (χ1n) is 9.56. The van der Waals surface area contributed by atoms with Crippen LogP contribution in [0.25, 0.3) is 0 Å². The maximum absolute atomic E-state index is 12.2. The highest BCUT2D eigenvalue weighted by atomic mass is 16.6. The maximum Gasteiger partial charge on any atom is 0.270 e. The number of nitrogens with one attached hydrogen (secondary N) is 1. The number of hydrogen-bond donors (Lipinski definition) is 1. The number of rotatable bonds is 5. The molecule has 1 N–H and O–H groups in total. The molecular weight excluding hydrogens is 332 g/mol. The summed E-state index contributed by atoms with van der Waals surface area (Å²) in [7, 11) is 1.55. The van der Waals surface area contributed by atoms with E-state index < -0.39 is 4.92 Å². The van der Waals surface area contributed by atoms with Crippen molar-refractivity contribution in [2.24, 2.45) is 5.92 Å². The number of piperazine rings is 1. The molecule has 1 amide bonds. The number of nitro benzene ring substituents is 1. The number of non-ortho nitro benzene ring substituents is 1. The number of anilines is 1. The average molecular weight is 360 g/mol. The molecule has 0 unspecified atom stereocenters. The van der Waals surface area contributed by atoms with Crippen LogP contribution in [0.5, 0.6) is 0 Å². The molecule has 1 saturated carbocycles. The van der Waals surface area contributed by atoms with E-state index in [1.54, 1.807) is 13.1 Å². The van der Waals surface area contributed by atoms with Gasteiger partial charge in [-0.15, -0.1) is 0 Å². The van der Waals surface area contributed by atoms with Crippen LogP contribution in [-0.4, -0.2) is 55.5 Å². The normalized spacial score (nSPS) is 19.3. The summed E-state index contributed by atoms with van der Waals surface area (Å²) in [6, 6.07) is 4.57. The van der Waals surface area contributed by atoms with Gasteiger partial charge in [0.25, 0.3) is 11.6 Å². The summed E-state index contributed by atoms with van der Waals surface area (Å²) in [5.41, 5.74) is 1.11. The lowest BCUT2D eigenvalue weighted by Gasteiger charge is -2.38. The van der Waals surface area contributed by atoms with Crippen LogP contribution in [0.15, 0.2) is 18.2 Å². The van der Waals surface area contributed by atoms with E-state index in [-0.39, 0.29) is 11.6 Å². The molecule has 0 spiro atoms. The number of carbonyl (C=O) groups excluding carboxylic acids is 1. The van der Waals surface area contributed by atoms with Crippen LogP contribution in [0.3, 0.4) is 0 Å². The zero-order chi connectivity index (χ0) is 18.5. The smallest absolute Gasteiger partial charge is 0.270 e. The molecule has 1 heterocycles. The molecule has 7 nitrogen and oxygen atoms in total. The van der Waals surface area contributed by atoms with Crippen molar-refractivity contribution >= 4 is 17.3 Å². The fraction of sp³-hybridized carbons (Fsp3) is 0.632. The van der Waals surface area contributed by atoms with Crippen LogP contribution in [0.1, 0.15) is 42.5 Å². The van der Waals surface area contributed by atoms with Gasteiger partial charge >= 0.3 is 0 Å². The Kier molecular flexibility index (Phi) is 6.08. The van der Waals surface area contributed by atoms with Gasteiger partial charge in [0, 0.05) is 51.9 Å². The second-order valence-electron chi connectivity index (χ2n) is 7.33. The first-order valence-corrected chi connectivity index (χ1v) is 9.56. The molecule has 1 aromatic rings. The van der Waals surface area contributed by atoms with Crippen molar-refractivity contribution in [2.75, 3.05) is 44.7 Å². The van der Waals surface area contributed by atoms with E-state index in [0.29, 0.717) is 5.56 Å². The minimum atomic E-state index is -0.460. The van der Waals surface area contributed by atoms with Crippen LogP contribution in [0, 0.1) is 16.0 Å². The second kappa shape index (κ2) is 8.49. The molecule has 142 valence electrons. The molecule has 2 fully saturated rings. The van der Waals surface area contributed by atoms with Crippen LogP contribution < -0.4 is 10.2 Å². The minimum Gasteiger partial charge on any atom is -0.368 e. The Bertz CT molecular complexity index is 650. The molecule has 1 aromatic carbocycles. The van der Waals surface area contributed by atoms with Crippen molar-refractivity contribution in [2.45, 2.75) is 32.1 Å². The van der Waals surface area contributed by atoms with Gasteiger partial charge in [0.15, 0.2) is 0 Å². The van der Waals surface area contributed by atoms with E-state index in [4.69, 9.17) is 0 Å². The SMILES string of the molecule is CNC(=O)c1cc([N+](=O)[O-])ccc1N1CCN(CC2CCCCC2)CC1. The number of nitrogens with zero attached hydrogens (tertiary/aromatic N) is 3. The molecular formula is C19H28N4O3. The van der Waals surface area contributed by atoms with E-state index in [9.17, 15) is 14.9 Å². The third kappa shape index (κ3) is 4.33. The summed E-state index contributed by atoms with van der Waals surface area (Å²) in [4.78, 5) is 27.5. The summed E-state index contributed by atoms with van der Waals surface area (Å²) in [6.07, 6.45) is 6.81. The van der Waals surface area contributed by atoms with Gasteiger partial charge < -0.3 is 10.2 Å². The number of carbonyl (C=O) groups is 1. The van der Waals surface area contributed by atoms with Crippen molar-refractivity contribution < 1.29 is 9.72 Å². The lowest BCUT2D eigenvalue weighted by Crippen LogP contribution is -2.48. The Morgan fingerprint density at radius 2 is 1.88 bits per heavy atom. The molecule has 3 rings (SSSR count). The quantitative estimate of drug-likeness (QED) is 0.645. The molecule has 0 radical (unpaired) electrons. The van der Waals surface area contributed by atoms with Crippen LogP contribution in [-0.2, 0) is 0 Å². The summed E-state index contributed by atoms with van der Waals surface area (Å²) < 4.78 is 0. The third-order valence-electron chi connectivity index (χ3n) is 5.62. The Labute approximate surface area is 154 Å². The molecule has 1 aliphatic heterocycles. The second-order valence-corrected chi connectivity index (χ2v) is 7.33. The molecule has 0 bridgehead atoms. The Hall–Kier alpha value is -2.15. The fourth-order valence-corrected chi connectivity index (χ4v) is 4.14. The Morgan fingerprint density at radius 3 is 2.50 bits per heavy atom. The lowest BCUT2D eigenvalue weighted by atomic mass is 9.89. The van der Waals surface area contributed by atoms with Gasteiger partial charge in [0.1, 0.15) is 0 Å². The average Bonchev–Trinajstić information content (AvgIpc) is 2.68. The third-order valence-corrected chi connectivity index (χ3v) is 5.62. The first kappa shape index (κ1) is 18.6. The number of nitro groups is 1. The predicted molar refractivity (Wildman–Crippen MR) is 102 cm³/mol. The van der Waals surface area contributed by atoms with Gasteiger partial charge in [-0.1, -0.05) is 19.3 Å².